The first-order valence-corrected chi connectivity index (χ1v) is 9.32. The zero-order valence-electron chi connectivity index (χ0n) is 15.8. The number of amides is 1. The number of nitrogens with one attached hydrogen (secondary N) is 2. The molecule has 2 N–H and O–H groups in total. The molecule has 5 nitrogen and oxygen atoms in total. The predicted molar refractivity (Wildman–Crippen MR) is 113 cm³/mol. The number of aromatic nitrogens is 1. The molecule has 0 saturated carbocycles. The maximum atomic E-state index is 12.4. The van der Waals surface area contributed by atoms with Crippen LogP contribution in [0.5, 0.6) is 5.75 Å². The van der Waals surface area contributed by atoms with E-state index < -0.39 is 0 Å². The molecular formula is C22H22ClN3O2. The highest BCUT2D eigenvalue weighted by Gasteiger charge is 2.09. The van der Waals surface area contributed by atoms with Crippen LogP contribution in [0.25, 0.3) is 0 Å². The van der Waals surface area contributed by atoms with Crippen molar-refractivity contribution in [3.05, 3.63) is 82.6 Å². The first kappa shape index (κ1) is 19.7. The van der Waals surface area contributed by atoms with Crippen molar-refractivity contribution in [3.8, 4) is 5.75 Å². The molecule has 1 heterocycles. The van der Waals surface area contributed by atoms with Gasteiger partial charge < -0.3 is 15.4 Å². The van der Waals surface area contributed by atoms with E-state index in [9.17, 15) is 4.79 Å². The summed E-state index contributed by atoms with van der Waals surface area (Å²) in [6.07, 6.45) is 3.96. The summed E-state index contributed by atoms with van der Waals surface area (Å²) in [5.41, 5.74) is 4.25. The van der Waals surface area contributed by atoms with Gasteiger partial charge in [-0.1, -0.05) is 29.8 Å². The van der Waals surface area contributed by atoms with Gasteiger partial charge in [-0.3, -0.25) is 9.78 Å². The number of hydrogen-bond acceptors (Lipinski definition) is 4. The van der Waals surface area contributed by atoms with Crippen LogP contribution in [0.4, 0.5) is 11.4 Å². The Labute approximate surface area is 169 Å². The fourth-order valence-corrected chi connectivity index (χ4v) is 2.91. The molecule has 3 rings (SSSR count). The molecule has 0 fully saturated rings. The van der Waals surface area contributed by atoms with Crippen molar-refractivity contribution < 1.29 is 9.53 Å². The summed E-state index contributed by atoms with van der Waals surface area (Å²) in [6, 6.07) is 15.2. The van der Waals surface area contributed by atoms with E-state index in [1.807, 2.05) is 49.4 Å². The molecule has 2 aromatic carbocycles. The van der Waals surface area contributed by atoms with Gasteiger partial charge in [-0.2, -0.15) is 0 Å². The van der Waals surface area contributed by atoms with Gasteiger partial charge in [-0.15, -0.1) is 0 Å². The van der Waals surface area contributed by atoms with Crippen LogP contribution >= 0.6 is 11.6 Å². The third-order valence-corrected chi connectivity index (χ3v) is 4.50. The van der Waals surface area contributed by atoms with Crippen molar-refractivity contribution in [2.75, 3.05) is 19.0 Å². The minimum atomic E-state index is -0.165. The van der Waals surface area contributed by atoms with Gasteiger partial charge in [0.25, 0.3) is 5.91 Å². The number of carbonyl (C=O) groups is 1. The van der Waals surface area contributed by atoms with E-state index in [2.05, 4.69) is 15.6 Å². The molecule has 0 aliphatic rings. The van der Waals surface area contributed by atoms with Gasteiger partial charge in [0.2, 0.25) is 0 Å². The molecule has 0 spiro atoms. The zero-order chi connectivity index (χ0) is 19.9. The number of aryl methyl sites for hydroxylation is 1. The molecule has 1 aromatic heterocycles. The molecular weight excluding hydrogens is 374 g/mol. The summed E-state index contributed by atoms with van der Waals surface area (Å²) in [7, 11) is 1.62. The van der Waals surface area contributed by atoms with Gasteiger partial charge in [0.05, 0.1) is 30.2 Å². The number of hydrogen-bond donors (Lipinski definition) is 2. The first-order chi connectivity index (χ1) is 13.5. The Bertz CT molecular complexity index is 958. The molecule has 0 bridgehead atoms. The minimum Gasteiger partial charge on any atom is -0.495 e. The highest BCUT2D eigenvalue weighted by molar-refractivity contribution is 6.30. The van der Waals surface area contributed by atoms with Crippen LogP contribution in [0.1, 0.15) is 21.5 Å². The van der Waals surface area contributed by atoms with Crippen molar-refractivity contribution >= 4 is 28.9 Å². The molecule has 3 aromatic rings. The Hall–Kier alpha value is -3.05. The van der Waals surface area contributed by atoms with E-state index >= 15 is 0 Å². The monoisotopic (exact) mass is 395 g/mol. The first-order valence-electron chi connectivity index (χ1n) is 8.94. The van der Waals surface area contributed by atoms with Crippen LogP contribution in [0.15, 0.2) is 60.9 Å². The number of pyridine rings is 1. The highest BCUT2D eigenvalue weighted by atomic mass is 35.5. The second kappa shape index (κ2) is 9.24. The fraction of sp³-hybridized carbons (Fsp3) is 0.182. The quantitative estimate of drug-likeness (QED) is 0.605. The standard InChI is InChI=1S/C22H22ClN3O2/c1-15-3-8-21(28-2)20(11-15)26-19-12-17(13-24-14-19)22(27)25-10-9-16-4-6-18(23)7-5-16/h3-8,11-14,26H,9-10H2,1-2H3,(H,25,27). The van der Waals surface area contributed by atoms with E-state index in [1.165, 1.54) is 0 Å². The Kier molecular flexibility index (Phi) is 6.50. The highest BCUT2D eigenvalue weighted by Crippen LogP contribution is 2.28. The molecule has 0 unspecified atom stereocenters. The normalized spacial score (nSPS) is 10.4. The second-order valence-electron chi connectivity index (χ2n) is 6.42. The number of anilines is 2. The summed E-state index contributed by atoms with van der Waals surface area (Å²) in [5, 5.41) is 6.89. The van der Waals surface area contributed by atoms with Crippen LogP contribution in [0.3, 0.4) is 0 Å². The fourth-order valence-electron chi connectivity index (χ4n) is 2.78. The smallest absolute Gasteiger partial charge is 0.252 e. The number of carbonyl (C=O) groups excluding carboxylic acids is 1. The maximum Gasteiger partial charge on any atom is 0.252 e. The zero-order valence-corrected chi connectivity index (χ0v) is 16.6. The van der Waals surface area contributed by atoms with E-state index in [4.69, 9.17) is 16.3 Å². The molecule has 1 amide bonds. The number of nitrogens with zero attached hydrogens (tertiary/aromatic N) is 1. The summed E-state index contributed by atoms with van der Waals surface area (Å²) in [6.45, 7) is 2.54. The number of benzene rings is 2. The van der Waals surface area contributed by atoms with E-state index in [0.29, 0.717) is 22.8 Å². The molecule has 144 valence electrons. The van der Waals surface area contributed by atoms with Crippen LogP contribution < -0.4 is 15.4 Å². The van der Waals surface area contributed by atoms with Crippen molar-refractivity contribution in [2.45, 2.75) is 13.3 Å². The average Bonchev–Trinajstić information content (AvgIpc) is 2.70. The lowest BCUT2D eigenvalue weighted by Gasteiger charge is -2.12. The molecule has 28 heavy (non-hydrogen) atoms. The average molecular weight is 396 g/mol. The van der Waals surface area contributed by atoms with E-state index in [0.717, 1.165) is 29.0 Å². The Balaban J connectivity index is 1.63. The Morgan fingerprint density at radius 3 is 2.64 bits per heavy atom. The van der Waals surface area contributed by atoms with Gasteiger partial charge in [0.15, 0.2) is 0 Å². The van der Waals surface area contributed by atoms with E-state index in [1.54, 1.807) is 25.6 Å². The molecule has 6 heteroatoms. The number of ether oxygens (including phenoxy) is 1. The Morgan fingerprint density at radius 2 is 1.89 bits per heavy atom. The van der Waals surface area contributed by atoms with Gasteiger partial charge in [0, 0.05) is 17.8 Å². The summed E-state index contributed by atoms with van der Waals surface area (Å²) in [5.74, 6) is 0.560. The molecule has 0 aliphatic heterocycles. The van der Waals surface area contributed by atoms with Crippen molar-refractivity contribution in [1.29, 1.82) is 0 Å². The summed E-state index contributed by atoms with van der Waals surface area (Å²) >= 11 is 5.89. The lowest BCUT2D eigenvalue weighted by molar-refractivity contribution is 0.0954. The van der Waals surface area contributed by atoms with Crippen LogP contribution in [0.2, 0.25) is 5.02 Å². The van der Waals surface area contributed by atoms with Gasteiger partial charge in [-0.25, -0.2) is 0 Å². The number of methoxy groups -OCH3 is 1. The topological polar surface area (TPSA) is 63.2 Å². The van der Waals surface area contributed by atoms with Gasteiger partial charge >= 0.3 is 0 Å². The van der Waals surface area contributed by atoms with E-state index in [-0.39, 0.29) is 5.91 Å². The van der Waals surface area contributed by atoms with Crippen LogP contribution in [-0.2, 0) is 6.42 Å². The summed E-state index contributed by atoms with van der Waals surface area (Å²) in [4.78, 5) is 16.6. The maximum absolute atomic E-state index is 12.4. The molecule has 0 saturated heterocycles. The van der Waals surface area contributed by atoms with Crippen molar-refractivity contribution in [3.63, 3.8) is 0 Å². The van der Waals surface area contributed by atoms with Crippen LogP contribution in [-0.4, -0.2) is 24.5 Å². The molecule has 0 atom stereocenters. The van der Waals surface area contributed by atoms with Gasteiger partial charge in [0.1, 0.15) is 5.75 Å². The third-order valence-electron chi connectivity index (χ3n) is 4.25. The molecule has 0 radical (unpaired) electrons. The minimum absolute atomic E-state index is 0.165. The largest absolute Gasteiger partial charge is 0.495 e. The lowest BCUT2D eigenvalue weighted by Crippen LogP contribution is -2.25. The molecule has 0 aliphatic carbocycles. The Morgan fingerprint density at radius 1 is 1.11 bits per heavy atom. The van der Waals surface area contributed by atoms with Crippen LogP contribution in [0, 0.1) is 6.92 Å². The lowest BCUT2D eigenvalue weighted by atomic mass is 10.1. The van der Waals surface area contributed by atoms with Crippen molar-refractivity contribution in [2.24, 2.45) is 0 Å². The SMILES string of the molecule is COc1ccc(C)cc1Nc1cncc(C(=O)NCCc2ccc(Cl)cc2)c1. The summed E-state index contributed by atoms with van der Waals surface area (Å²) < 4.78 is 5.38. The van der Waals surface area contributed by atoms with Gasteiger partial charge in [-0.05, 0) is 54.8 Å². The number of halogens is 1. The third kappa shape index (κ3) is 5.24. The van der Waals surface area contributed by atoms with Crippen molar-refractivity contribution in [1.82, 2.24) is 10.3 Å². The number of rotatable bonds is 7. The second-order valence-corrected chi connectivity index (χ2v) is 6.86. The predicted octanol–water partition coefficient (Wildman–Crippen LogP) is 4.77.